The van der Waals surface area contributed by atoms with Crippen LogP contribution in [0.4, 0.5) is 5.69 Å². The molecule has 0 radical (unpaired) electrons. The number of rotatable bonds is 4. The third-order valence-corrected chi connectivity index (χ3v) is 4.12. The number of ether oxygens (including phenoxy) is 1. The largest absolute Gasteiger partial charge is 0.381 e. The van der Waals surface area contributed by atoms with Crippen LogP contribution in [0, 0.1) is 6.92 Å². The van der Waals surface area contributed by atoms with E-state index in [-0.39, 0.29) is 5.60 Å². The Kier molecular flexibility index (Phi) is 2.94. The van der Waals surface area contributed by atoms with Crippen LogP contribution in [-0.4, -0.2) is 28.5 Å². The third kappa shape index (κ3) is 2.35. The minimum atomic E-state index is -0.00844. The molecule has 0 spiro atoms. The van der Waals surface area contributed by atoms with Crippen molar-refractivity contribution >= 4 is 16.6 Å². The molecule has 1 aliphatic rings. The van der Waals surface area contributed by atoms with Crippen LogP contribution in [0.3, 0.4) is 0 Å². The lowest BCUT2D eigenvalue weighted by Crippen LogP contribution is -2.19. The molecule has 4 rings (SSSR count). The molecule has 22 heavy (non-hydrogen) atoms. The van der Waals surface area contributed by atoms with Crippen molar-refractivity contribution in [2.75, 3.05) is 18.5 Å². The van der Waals surface area contributed by atoms with Gasteiger partial charge in [0.05, 0.1) is 24.0 Å². The zero-order valence-electron chi connectivity index (χ0n) is 12.8. The first-order valence-corrected chi connectivity index (χ1v) is 7.56. The van der Waals surface area contributed by atoms with Gasteiger partial charge in [-0.1, -0.05) is 18.2 Å². The Hall–Kier alpha value is -2.33. The van der Waals surface area contributed by atoms with Gasteiger partial charge in [0.1, 0.15) is 5.60 Å². The lowest BCUT2D eigenvalue weighted by Gasteiger charge is -2.12. The van der Waals surface area contributed by atoms with Crippen molar-refractivity contribution in [3.8, 4) is 5.69 Å². The number of benzene rings is 2. The Morgan fingerprint density at radius 3 is 2.77 bits per heavy atom. The second-order valence-electron chi connectivity index (χ2n) is 6.23. The summed E-state index contributed by atoms with van der Waals surface area (Å²) in [6.07, 6.45) is 1.93. The van der Waals surface area contributed by atoms with Gasteiger partial charge in [0.15, 0.2) is 0 Å². The van der Waals surface area contributed by atoms with Crippen LogP contribution >= 0.6 is 0 Å². The molecule has 1 saturated heterocycles. The smallest absolute Gasteiger partial charge is 0.106 e. The fourth-order valence-corrected chi connectivity index (χ4v) is 2.70. The average molecular weight is 293 g/mol. The van der Waals surface area contributed by atoms with E-state index in [0.29, 0.717) is 0 Å². The number of epoxide rings is 1. The molecule has 4 heteroatoms. The molecule has 1 unspecified atom stereocenters. The van der Waals surface area contributed by atoms with Crippen LogP contribution < -0.4 is 5.32 Å². The highest BCUT2D eigenvalue weighted by Crippen LogP contribution is 2.30. The van der Waals surface area contributed by atoms with Gasteiger partial charge in [0, 0.05) is 17.6 Å². The van der Waals surface area contributed by atoms with Gasteiger partial charge >= 0.3 is 0 Å². The predicted molar refractivity (Wildman–Crippen MR) is 88.7 cm³/mol. The first-order chi connectivity index (χ1) is 10.6. The number of fused-ring (bicyclic) bond motifs is 1. The molecular formula is C18H19N3O. The summed E-state index contributed by atoms with van der Waals surface area (Å²) in [5, 5.41) is 9.23. The van der Waals surface area contributed by atoms with E-state index in [4.69, 9.17) is 4.74 Å². The summed E-state index contributed by atoms with van der Waals surface area (Å²) >= 11 is 0. The minimum absolute atomic E-state index is 0.00844. The molecule has 1 aliphatic heterocycles. The lowest BCUT2D eigenvalue weighted by atomic mass is 10.1. The van der Waals surface area contributed by atoms with Crippen LogP contribution in [0.5, 0.6) is 0 Å². The number of nitrogens with one attached hydrogen (secondary N) is 1. The second-order valence-corrected chi connectivity index (χ2v) is 6.23. The van der Waals surface area contributed by atoms with Crippen molar-refractivity contribution in [1.29, 1.82) is 0 Å². The molecule has 3 aromatic rings. The van der Waals surface area contributed by atoms with Gasteiger partial charge in [-0.2, -0.15) is 5.10 Å². The highest BCUT2D eigenvalue weighted by atomic mass is 16.6. The van der Waals surface area contributed by atoms with Gasteiger partial charge in [-0.3, -0.25) is 0 Å². The summed E-state index contributed by atoms with van der Waals surface area (Å²) in [5.41, 5.74) is 4.52. The van der Waals surface area contributed by atoms with Gasteiger partial charge in [-0.15, -0.1) is 0 Å². The van der Waals surface area contributed by atoms with Crippen molar-refractivity contribution < 1.29 is 4.74 Å². The quantitative estimate of drug-likeness (QED) is 0.748. The van der Waals surface area contributed by atoms with Gasteiger partial charge < -0.3 is 10.1 Å². The van der Waals surface area contributed by atoms with Gasteiger partial charge in [-0.25, -0.2) is 4.68 Å². The molecule has 0 bridgehead atoms. The van der Waals surface area contributed by atoms with Crippen LogP contribution in [0.1, 0.15) is 12.5 Å². The van der Waals surface area contributed by atoms with Gasteiger partial charge in [-0.05, 0) is 43.7 Å². The monoisotopic (exact) mass is 293 g/mol. The van der Waals surface area contributed by atoms with E-state index in [1.54, 1.807) is 0 Å². The summed E-state index contributed by atoms with van der Waals surface area (Å²) in [6, 6.07) is 14.6. The van der Waals surface area contributed by atoms with Crippen molar-refractivity contribution in [1.82, 2.24) is 9.78 Å². The molecule has 1 fully saturated rings. The Balaban J connectivity index is 1.77. The second kappa shape index (κ2) is 4.85. The predicted octanol–water partition coefficient (Wildman–Crippen LogP) is 3.53. The van der Waals surface area contributed by atoms with E-state index in [1.807, 2.05) is 29.1 Å². The van der Waals surface area contributed by atoms with Crippen LogP contribution in [0.2, 0.25) is 0 Å². The minimum Gasteiger partial charge on any atom is -0.381 e. The normalized spacial score (nSPS) is 20.3. The van der Waals surface area contributed by atoms with Crippen molar-refractivity contribution in [2.24, 2.45) is 0 Å². The summed E-state index contributed by atoms with van der Waals surface area (Å²) in [7, 11) is 0. The maximum Gasteiger partial charge on any atom is 0.106 e. The number of aromatic nitrogens is 2. The molecule has 2 heterocycles. The maximum absolute atomic E-state index is 5.45. The van der Waals surface area contributed by atoms with E-state index in [1.165, 1.54) is 5.56 Å². The molecule has 0 saturated carbocycles. The summed E-state index contributed by atoms with van der Waals surface area (Å²) < 4.78 is 7.44. The number of hydrogen-bond donors (Lipinski definition) is 1. The molecule has 0 aliphatic carbocycles. The highest BCUT2D eigenvalue weighted by molar-refractivity contribution is 5.93. The SMILES string of the molecule is Cc1cc(NCC2(C)CO2)c2cnn(-c3ccccc3)c2c1. The number of hydrogen-bond acceptors (Lipinski definition) is 3. The Morgan fingerprint density at radius 2 is 2.05 bits per heavy atom. The summed E-state index contributed by atoms with van der Waals surface area (Å²) in [5.74, 6) is 0. The topological polar surface area (TPSA) is 42.4 Å². The molecule has 1 atom stereocenters. The number of anilines is 1. The molecule has 4 nitrogen and oxygen atoms in total. The van der Waals surface area contributed by atoms with E-state index in [9.17, 15) is 0 Å². The van der Waals surface area contributed by atoms with Gasteiger partial charge in [0.2, 0.25) is 0 Å². The average Bonchev–Trinajstić information content (AvgIpc) is 3.11. The Bertz CT molecular complexity index is 819. The Labute approximate surface area is 129 Å². The molecule has 112 valence electrons. The number of nitrogens with zero attached hydrogens (tertiary/aromatic N) is 2. The van der Waals surface area contributed by atoms with Gasteiger partial charge in [0.25, 0.3) is 0 Å². The fraction of sp³-hybridized carbons (Fsp3) is 0.278. The summed E-state index contributed by atoms with van der Waals surface area (Å²) in [4.78, 5) is 0. The first-order valence-electron chi connectivity index (χ1n) is 7.56. The zero-order chi connectivity index (χ0) is 15.2. The first kappa shape index (κ1) is 13.3. The number of para-hydroxylation sites is 1. The molecular weight excluding hydrogens is 274 g/mol. The maximum atomic E-state index is 5.45. The van der Waals surface area contributed by atoms with E-state index >= 15 is 0 Å². The van der Waals surface area contributed by atoms with E-state index in [2.05, 4.69) is 48.5 Å². The van der Waals surface area contributed by atoms with Crippen molar-refractivity contribution in [3.63, 3.8) is 0 Å². The van der Waals surface area contributed by atoms with Crippen molar-refractivity contribution in [2.45, 2.75) is 19.4 Å². The molecule has 1 aromatic heterocycles. The lowest BCUT2D eigenvalue weighted by molar-refractivity contribution is 0.335. The molecule has 1 N–H and O–H groups in total. The third-order valence-electron chi connectivity index (χ3n) is 4.12. The molecule has 2 aromatic carbocycles. The van der Waals surface area contributed by atoms with Crippen LogP contribution in [0.25, 0.3) is 16.6 Å². The van der Waals surface area contributed by atoms with Crippen LogP contribution in [-0.2, 0) is 4.74 Å². The van der Waals surface area contributed by atoms with E-state index in [0.717, 1.165) is 35.4 Å². The number of aryl methyl sites for hydroxylation is 1. The zero-order valence-corrected chi connectivity index (χ0v) is 12.8. The molecule has 0 amide bonds. The standard InChI is InChI=1S/C18H19N3O/c1-13-8-16(19-11-18(2)12-22-18)15-10-20-21(17(15)9-13)14-6-4-3-5-7-14/h3-10,19H,11-12H2,1-2H3. The summed E-state index contributed by atoms with van der Waals surface area (Å²) in [6.45, 7) is 5.89. The van der Waals surface area contributed by atoms with E-state index < -0.39 is 0 Å². The highest BCUT2D eigenvalue weighted by Gasteiger charge is 2.38. The van der Waals surface area contributed by atoms with Crippen LogP contribution in [0.15, 0.2) is 48.7 Å². The van der Waals surface area contributed by atoms with Crippen molar-refractivity contribution in [3.05, 3.63) is 54.2 Å². The Morgan fingerprint density at radius 1 is 1.27 bits per heavy atom. The fourth-order valence-electron chi connectivity index (χ4n) is 2.70.